The van der Waals surface area contributed by atoms with E-state index in [1.54, 1.807) is 6.07 Å². The number of amides is 1. The van der Waals surface area contributed by atoms with E-state index in [2.05, 4.69) is 13.8 Å². The van der Waals surface area contributed by atoms with Gasteiger partial charge in [-0.2, -0.15) is 0 Å². The van der Waals surface area contributed by atoms with Gasteiger partial charge in [-0.3, -0.25) is 4.79 Å². The van der Waals surface area contributed by atoms with Crippen molar-refractivity contribution in [3.05, 3.63) is 35.4 Å². The summed E-state index contributed by atoms with van der Waals surface area (Å²) in [7, 11) is 0. The average molecular weight is 287 g/mol. The predicted octanol–water partition coefficient (Wildman–Crippen LogP) is 2.27. The quantitative estimate of drug-likeness (QED) is 0.744. The Labute approximate surface area is 125 Å². The fraction of sp³-hybridized carbons (Fsp3) is 0.529. The lowest BCUT2D eigenvalue weighted by atomic mass is 9.91. The van der Waals surface area contributed by atoms with Gasteiger partial charge in [0, 0.05) is 19.5 Å². The number of esters is 1. The second kappa shape index (κ2) is 5.51. The lowest BCUT2D eigenvalue weighted by Gasteiger charge is -2.37. The van der Waals surface area contributed by atoms with Crippen LogP contribution < -0.4 is 0 Å². The number of hydrogen-bond donors (Lipinski definition) is 0. The molecule has 0 bridgehead atoms. The van der Waals surface area contributed by atoms with Gasteiger partial charge in [0.1, 0.15) is 0 Å². The van der Waals surface area contributed by atoms with Crippen molar-refractivity contribution in [3.63, 3.8) is 0 Å². The van der Waals surface area contributed by atoms with Crippen molar-refractivity contribution in [1.29, 1.82) is 0 Å². The molecule has 1 amide bonds. The van der Waals surface area contributed by atoms with Crippen LogP contribution >= 0.6 is 0 Å². The molecule has 1 aromatic carbocycles. The Morgan fingerprint density at radius 2 is 1.86 bits per heavy atom. The van der Waals surface area contributed by atoms with Gasteiger partial charge in [-0.05, 0) is 29.9 Å². The Balaban J connectivity index is 1.76. The van der Waals surface area contributed by atoms with E-state index < -0.39 is 6.10 Å². The second-order valence-electron chi connectivity index (χ2n) is 6.44. The highest BCUT2D eigenvalue weighted by atomic mass is 16.5. The maximum atomic E-state index is 12.6. The molecule has 112 valence electrons. The van der Waals surface area contributed by atoms with Crippen LogP contribution in [0.2, 0.25) is 0 Å². The molecule has 1 fully saturated rings. The van der Waals surface area contributed by atoms with E-state index in [-0.39, 0.29) is 11.9 Å². The van der Waals surface area contributed by atoms with Crippen LogP contribution in [0.25, 0.3) is 0 Å². The van der Waals surface area contributed by atoms with Crippen molar-refractivity contribution >= 4 is 11.9 Å². The largest absolute Gasteiger partial charge is 0.448 e. The molecule has 3 atom stereocenters. The minimum Gasteiger partial charge on any atom is -0.448 e. The minimum atomic E-state index is -0.662. The van der Waals surface area contributed by atoms with Crippen LogP contribution in [0.3, 0.4) is 0 Å². The number of cyclic esters (lactones) is 1. The molecular formula is C17H21NO3. The maximum absolute atomic E-state index is 12.6. The van der Waals surface area contributed by atoms with Gasteiger partial charge in [0.2, 0.25) is 0 Å². The van der Waals surface area contributed by atoms with Crippen LogP contribution in [-0.4, -0.2) is 36.0 Å². The van der Waals surface area contributed by atoms with Crippen molar-refractivity contribution in [2.45, 2.75) is 32.8 Å². The first-order chi connectivity index (χ1) is 10.0. The number of carbonyl (C=O) groups is 2. The first kappa shape index (κ1) is 14.1. The fourth-order valence-corrected chi connectivity index (χ4v) is 3.52. The minimum absolute atomic E-state index is 0.0451. The highest BCUT2D eigenvalue weighted by Gasteiger charge is 2.36. The molecule has 0 N–H and O–H groups in total. The monoisotopic (exact) mass is 287 g/mol. The summed E-state index contributed by atoms with van der Waals surface area (Å²) in [6, 6.07) is 7.36. The van der Waals surface area contributed by atoms with Crippen molar-refractivity contribution < 1.29 is 14.3 Å². The predicted molar refractivity (Wildman–Crippen MR) is 78.9 cm³/mol. The molecule has 0 spiro atoms. The molecular weight excluding hydrogens is 266 g/mol. The first-order valence-electron chi connectivity index (χ1n) is 7.62. The molecule has 4 nitrogen and oxygen atoms in total. The van der Waals surface area contributed by atoms with Crippen molar-refractivity contribution in [3.8, 4) is 0 Å². The number of hydrogen-bond acceptors (Lipinski definition) is 3. The molecule has 21 heavy (non-hydrogen) atoms. The van der Waals surface area contributed by atoms with E-state index in [4.69, 9.17) is 4.74 Å². The third kappa shape index (κ3) is 2.80. The van der Waals surface area contributed by atoms with E-state index >= 15 is 0 Å². The molecule has 2 aliphatic heterocycles. The van der Waals surface area contributed by atoms with Gasteiger partial charge < -0.3 is 9.64 Å². The number of ether oxygens (including phenoxy) is 1. The summed E-state index contributed by atoms with van der Waals surface area (Å²) < 4.78 is 5.37. The van der Waals surface area contributed by atoms with Gasteiger partial charge in [-0.1, -0.05) is 32.0 Å². The SMILES string of the molecule is CC1CC(C)CN(C(=O)C2Cc3ccccc3C(=O)O2)C1. The number of benzene rings is 1. The highest BCUT2D eigenvalue weighted by molar-refractivity contribution is 5.95. The summed E-state index contributed by atoms with van der Waals surface area (Å²) in [6.07, 6.45) is 0.974. The molecule has 2 aliphatic rings. The van der Waals surface area contributed by atoms with Crippen LogP contribution in [0.1, 0.15) is 36.2 Å². The van der Waals surface area contributed by atoms with E-state index in [1.807, 2.05) is 23.1 Å². The van der Waals surface area contributed by atoms with Crippen LogP contribution in [0.4, 0.5) is 0 Å². The lowest BCUT2D eigenvalue weighted by Crippen LogP contribution is -2.49. The van der Waals surface area contributed by atoms with Gasteiger partial charge in [-0.15, -0.1) is 0 Å². The zero-order valence-corrected chi connectivity index (χ0v) is 12.5. The number of fused-ring (bicyclic) bond motifs is 1. The number of likely N-dealkylation sites (tertiary alicyclic amines) is 1. The van der Waals surface area contributed by atoms with E-state index in [9.17, 15) is 9.59 Å². The van der Waals surface area contributed by atoms with E-state index in [0.29, 0.717) is 23.8 Å². The second-order valence-corrected chi connectivity index (χ2v) is 6.44. The summed E-state index contributed by atoms with van der Waals surface area (Å²) in [5.74, 6) is 0.582. The van der Waals surface area contributed by atoms with Crippen molar-refractivity contribution in [2.75, 3.05) is 13.1 Å². The fourth-order valence-electron chi connectivity index (χ4n) is 3.52. The van der Waals surface area contributed by atoms with Gasteiger partial charge in [0.15, 0.2) is 6.10 Å². The van der Waals surface area contributed by atoms with Gasteiger partial charge in [-0.25, -0.2) is 4.79 Å². The summed E-state index contributed by atoms with van der Waals surface area (Å²) in [5.41, 5.74) is 1.49. The Kier molecular flexibility index (Phi) is 3.70. The molecule has 1 aromatic rings. The maximum Gasteiger partial charge on any atom is 0.339 e. The summed E-state index contributed by atoms with van der Waals surface area (Å²) in [4.78, 5) is 26.5. The van der Waals surface area contributed by atoms with Crippen molar-refractivity contribution in [1.82, 2.24) is 4.90 Å². The third-order valence-corrected chi connectivity index (χ3v) is 4.35. The first-order valence-corrected chi connectivity index (χ1v) is 7.62. The molecule has 4 heteroatoms. The Hall–Kier alpha value is -1.84. The summed E-state index contributed by atoms with van der Waals surface area (Å²) in [5, 5.41) is 0. The van der Waals surface area contributed by atoms with Crippen LogP contribution in [0.15, 0.2) is 24.3 Å². The van der Waals surface area contributed by atoms with E-state index in [1.165, 1.54) is 0 Å². The third-order valence-electron chi connectivity index (χ3n) is 4.35. The van der Waals surface area contributed by atoms with Crippen molar-refractivity contribution in [2.24, 2.45) is 11.8 Å². The van der Waals surface area contributed by atoms with E-state index in [0.717, 1.165) is 25.1 Å². The van der Waals surface area contributed by atoms with Gasteiger partial charge >= 0.3 is 5.97 Å². The molecule has 0 saturated carbocycles. The highest BCUT2D eigenvalue weighted by Crippen LogP contribution is 2.25. The Bertz CT molecular complexity index is 559. The topological polar surface area (TPSA) is 46.6 Å². The zero-order chi connectivity index (χ0) is 15.0. The lowest BCUT2D eigenvalue weighted by molar-refractivity contribution is -0.143. The molecule has 0 aliphatic carbocycles. The molecule has 3 unspecified atom stereocenters. The zero-order valence-electron chi connectivity index (χ0n) is 12.5. The van der Waals surface area contributed by atoms with Crippen LogP contribution in [0, 0.1) is 11.8 Å². The number of piperidine rings is 1. The standard InChI is InChI=1S/C17H21NO3/c1-11-7-12(2)10-18(9-11)16(19)15-8-13-5-3-4-6-14(13)17(20)21-15/h3-6,11-12,15H,7-10H2,1-2H3. The molecule has 2 heterocycles. The van der Waals surface area contributed by atoms with Crippen LogP contribution in [-0.2, 0) is 16.0 Å². The normalized spacial score (nSPS) is 28.8. The van der Waals surface area contributed by atoms with Crippen LogP contribution in [0.5, 0.6) is 0 Å². The summed E-state index contributed by atoms with van der Waals surface area (Å²) >= 11 is 0. The molecule has 0 aromatic heterocycles. The van der Waals surface area contributed by atoms with Gasteiger partial charge in [0.05, 0.1) is 5.56 Å². The molecule has 3 rings (SSSR count). The molecule has 0 radical (unpaired) electrons. The number of carbonyl (C=O) groups excluding carboxylic acids is 2. The summed E-state index contributed by atoms with van der Waals surface area (Å²) in [6.45, 7) is 5.86. The molecule has 1 saturated heterocycles. The van der Waals surface area contributed by atoms with Gasteiger partial charge in [0.25, 0.3) is 5.91 Å². The average Bonchev–Trinajstić information content (AvgIpc) is 2.45. The Morgan fingerprint density at radius 3 is 2.57 bits per heavy atom. The smallest absolute Gasteiger partial charge is 0.339 e. The number of nitrogens with zero attached hydrogens (tertiary/aromatic N) is 1. The Morgan fingerprint density at radius 1 is 1.19 bits per heavy atom. The number of rotatable bonds is 1.